The molecule has 0 unspecified atom stereocenters. The summed E-state index contributed by atoms with van der Waals surface area (Å²) in [6.45, 7) is 1.79. The highest BCUT2D eigenvalue weighted by molar-refractivity contribution is 5.80. The number of carbonyl (C=O) groups is 1. The van der Waals surface area contributed by atoms with Gasteiger partial charge in [0, 0.05) is 6.08 Å². The molecule has 0 spiro atoms. The molecule has 0 aliphatic carbocycles. The van der Waals surface area contributed by atoms with E-state index in [0.29, 0.717) is 6.42 Å². The Labute approximate surface area is 89.0 Å². The highest BCUT2D eigenvalue weighted by Crippen LogP contribution is 2.20. The van der Waals surface area contributed by atoms with Crippen LogP contribution in [0.2, 0.25) is 0 Å². The average molecular weight is 206 g/mol. The lowest BCUT2D eigenvalue weighted by atomic mass is 10.1. The number of hydrogen-bond acceptors (Lipinski definition) is 2. The van der Waals surface area contributed by atoms with E-state index >= 15 is 0 Å². The molecule has 0 saturated heterocycles. The highest BCUT2D eigenvalue weighted by Gasteiger charge is 2.03. The van der Waals surface area contributed by atoms with Crippen molar-refractivity contribution in [3.05, 3.63) is 41.5 Å². The number of carboxylic acids is 1. The molecule has 3 heteroatoms. The lowest BCUT2D eigenvalue weighted by molar-refractivity contribution is -0.131. The fraction of sp³-hybridized carbons (Fsp3) is 0.250. The zero-order valence-corrected chi connectivity index (χ0v) is 8.86. The second kappa shape index (κ2) is 5.20. The van der Waals surface area contributed by atoms with Crippen LogP contribution in [0.3, 0.4) is 0 Å². The first-order valence-electron chi connectivity index (χ1n) is 4.65. The van der Waals surface area contributed by atoms with E-state index in [-0.39, 0.29) is 0 Å². The number of allylic oxidation sites excluding steroid dienone is 1. The van der Waals surface area contributed by atoms with E-state index in [2.05, 4.69) is 0 Å². The van der Waals surface area contributed by atoms with Crippen LogP contribution in [-0.2, 0) is 11.2 Å². The van der Waals surface area contributed by atoms with Gasteiger partial charge >= 0.3 is 5.97 Å². The van der Waals surface area contributed by atoms with Crippen molar-refractivity contribution in [3.63, 3.8) is 0 Å². The number of hydrogen-bond donors (Lipinski definition) is 1. The monoisotopic (exact) mass is 206 g/mol. The molecule has 80 valence electrons. The molecule has 0 aliphatic heterocycles. The summed E-state index contributed by atoms with van der Waals surface area (Å²) in [6, 6.07) is 7.59. The molecule has 15 heavy (non-hydrogen) atoms. The van der Waals surface area contributed by atoms with E-state index in [1.54, 1.807) is 14.0 Å². The van der Waals surface area contributed by atoms with Crippen molar-refractivity contribution >= 4 is 5.97 Å². The van der Waals surface area contributed by atoms with Gasteiger partial charge in [0.15, 0.2) is 0 Å². The predicted octanol–water partition coefficient (Wildman–Crippen LogP) is 2.27. The Kier molecular flexibility index (Phi) is 3.92. The molecule has 1 rings (SSSR count). The largest absolute Gasteiger partial charge is 0.496 e. The van der Waals surface area contributed by atoms with Gasteiger partial charge in [-0.05, 0) is 25.0 Å². The van der Waals surface area contributed by atoms with Crippen LogP contribution in [0.25, 0.3) is 0 Å². The summed E-state index contributed by atoms with van der Waals surface area (Å²) < 4.78 is 5.18. The molecule has 0 bridgehead atoms. The first-order valence-corrected chi connectivity index (χ1v) is 4.65. The molecule has 0 radical (unpaired) electrons. The third-order valence-electron chi connectivity index (χ3n) is 2.03. The lowest BCUT2D eigenvalue weighted by Gasteiger charge is -2.07. The molecule has 0 amide bonds. The van der Waals surface area contributed by atoms with Gasteiger partial charge in [0.2, 0.25) is 0 Å². The molecule has 1 aromatic rings. The topological polar surface area (TPSA) is 46.5 Å². The Balaban J connectivity index is 2.84. The molecule has 0 aromatic heterocycles. The summed E-state index contributed by atoms with van der Waals surface area (Å²) in [5, 5.41) is 8.58. The SMILES string of the molecule is COc1ccccc1CC(C)=CC(=O)O. The summed E-state index contributed by atoms with van der Waals surface area (Å²) in [6.07, 6.45) is 1.81. The molecule has 3 nitrogen and oxygen atoms in total. The van der Waals surface area contributed by atoms with Crippen molar-refractivity contribution < 1.29 is 14.6 Å². The minimum Gasteiger partial charge on any atom is -0.496 e. The minimum absolute atomic E-state index is 0.594. The highest BCUT2D eigenvalue weighted by atomic mass is 16.5. The Bertz CT molecular complexity index is 380. The molecular formula is C12H14O3. The van der Waals surface area contributed by atoms with Gasteiger partial charge in [-0.25, -0.2) is 4.79 Å². The van der Waals surface area contributed by atoms with Gasteiger partial charge in [0.25, 0.3) is 0 Å². The maximum atomic E-state index is 10.4. The molecule has 0 heterocycles. The third-order valence-corrected chi connectivity index (χ3v) is 2.03. The number of benzene rings is 1. The summed E-state index contributed by atoms with van der Waals surface area (Å²) in [7, 11) is 1.61. The minimum atomic E-state index is -0.914. The number of ether oxygens (including phenoxy) is 1. The molecule has 0 aliphatic rings. The van der Waals surface area contributed by atoms with Crippen LogP contribution in [0.1, 0.15) is 12.5 Å². The number of carboxylic acid groups (broad SMARTS) is 1. The lowest BCUT2D eigenvalue weighted by Crippen LogP contribution is -1.96. The zero-order chi connectivity index (χ0) is 11.3. The van der Waals surface area contributed by atoms with Crippen molar-refractivity contribution in [1.82, 2.24) is 0 Å². The average Bonchev–Trinajstić information content (AvgIpc) is 2.17. The van der Waals surface area contributed by atoms with Crippen LogP contribution < -0.4 is 4.74 Å². The van der Waals surface area contributed by atoms with E-state index in [1.807, 2.05) is 24.3 Å². The maximum Gasteiger partial charge on any atom is 0.328 e. The van der Waals surface area contributed by atoms with Crippen LogP contribution in [-0.4, -0.2) is 18.2 Å². The van der Waals surface area contributed by atoms with Gasteiger partial charge in [-0.2, -0.15) is 0 Å². The fourth-order valence-corrected chi connectivity index (χ4v) is 1.41. The Morgan fingerprint density at radius 3 is 2.73 bits per heavy atom. The quantitative estimate of drug-likeness (QED) is 0.769. The van der Waals surface area contributed by atoms with Crippen molar-refractivity contribution in [2.45, 2.75) is 13.3 Å². The predicted molar refractivity (Wildman–Crippen MR) is 58.1 cm³/mol. The second-order valence-corrected chi connectivity index (χ2v) is 3.32. The van der Waals surface area contributed by atoms with Gasteiger partial charge in [-0.1, -0.05) is 23.8 Å². The summed E-state index contributed by atoms with van der Waals surface area (Å²) in [5.74, 6) is -0.127. The van der Waals surface area contributed by atoms with E-state index in [0.717, 1.165) is 16.9 Å². The third kappa shape index (κ3) is 3.46. The first kappa shape index (κ1) is 11.3. The zero-order valence-electron chi connectivity index (χ0n) is 8.86. The van der Waals surface area contributed by atoms with Gasteiger partial charge < -0.3 is 9.84 Å². The number of aliphatic carboxylic acids is 1. The Morgan fingerprint density at radius 2 is 2.13 bits per heavy atom. The molecule has 1 N–H and O–H groups in total. The van der Waals surface area contributed by atoms with Crippen LogP contribution in [0.5, 0.6) is 5.75 Å². The second-order valence-electron chi connectivity index (χ2n) is 3.32. The normalized spacial score (nSPS) is 11.2. The Hall–Kier alpha value is -1.77. The maximum absolute atomic E-state index is 10.4. The molecule has 0 fully saturated rings. The van der Waals surface area contributed by atoms with Gasteiger partial charge in [-0.15, -0.1) is 0 Å². The first-order chi connectivity index (χ1) is 7.13. The van der Waals surface area contributed by atoms with Gasteiger partial charge in [0.1, 0.15) is 5.75 Å². The molecule has 1 aromatic carbocycles. The van der Waals surface area contributed by atoms with Crippen LogP contribution >= 0.6 is 0 Å². The van der Waals surface area contributed by atoms with E-state index in [4.69, 9.17) is 9.84 Å². The standard InChI is InChI=1S/C12H14O3/c1-9(8-12(13)14)7-10-5-3-4-6-11(10)15-2/h3-6,8H,7H2,1-2H3,(H,13,14). The summed E-state index contributed by atoms with van der Waals surface area (Å²) >= 11 is 0. The van der Waals surface area contributed by atoms with Crippen LogP contribution in [0.4, 0.5) is 0 Å². The number of methoxy groups -OCH3 is 1. The molecule has 0 saturated carbocycles. The van der Waals surface area contributed by atoms with E-state index in [9.17, 15) is 4.79 Å². The fourth-order valence-electron chi connectivity index (χ4n) is 1.41. The Morgan fingerprint density at radius 1 is 1.47 bits per heavy atom. The molecule has 0 atom stereocenters. The smallest absolute Gasteiger partial charge is 0.328 e. The van der Waals surface area contributed by atoms with Gasteiger partial charge in [-0.3, -0.25) is 0 Å². The van der Waals surface area contributed by atoms with E-state index < -0.39 is 5.97 Å². The van der Waals surface area contributed by atoms with E-state index in [1.165, 1.54) is 6.08 Å². The van der Waals surface area contributed by atoms with Crippen molar-refractivity contribution in [2.24, 2.45) is 0 Å². The van der Waals surface area contributed by atoms with Crippen LogP contribution in [0.15, 0.2) is 35.9 Å². The van der Waals surface area contributed by atoms with Crippen molar-refractivity contribution in [1.29, 1.82) is 0 Å². The number of para-hydroxylation sites is 1. The summed E-state index contributed by atoms with van der Waals surface area (Å²) in [4.78, 5) is 10.4. The molecular weight excluding hydrogens is 192 g/mol. The van der Waals surface area contributed by atoms with Crippen molar-refractivity contribution in [2.75, 3.05) is 7.11 Å². The van der Waals surface area contributed by atoms with Crippen LogP contribution in [0, 0.1) is 0 Å². The number of rotatable bonds is 4. The van der Waals surface area contributed by atoms with Crippen molar-refractivity contribution in [3.8, 4) is 5.75 Å². The van der Waals surface area contributed by atoms with Gasteiger partial charge in [0.05, 0.1) is 7.11 Å². The summed E-state index contributed by atoms with van der Waals surface area (Å²) in [5.41, 5.74) is 1.79.